The first-order chi connectivity index (χ1) is 22.7. The Morgan fingerprint density at radius 3 is 1.48 bits per heavy atom. The number of fused-ring (bicyclic) bond motifs is 6. The Morgan fingerprint density at radius 2 is 0.891 bits per heavy atom. The van der Waals surface area contributed by atoms with Gasteiger partial charge in [-0.05, 0) is 87.0 Å². The number of rotatable bonds is 4. The molecule has 2 heterocycles. The average Bonchev–Trinajstić information content (AvgIpc) is 3.69. The van der Waals surface area contributed by atoms with Crippen LogP contribution in [0.3, 0.4) is 0 Å². The third-order valence-electron chi connectivity index (χ3n) is 8.95. The largest absolute Gasteiger partial charge is 0.192 e. The Bertz CT molecular complexity index is 2520. The van der Waals surface area contributed by atoms with Gasteiger partial charge in [-0.3, -0.25) is 0 Å². The van der Waals surface area contributed by atoms with Crippen LogP contribution in [0.1, 0.15) is 5.56 Å². The predicted octanol–water partition coefficient (Wildman–Crippen LogP) is 13.0. The first-order valence-corrected chi connectivity index (χ1v) is 16.9. The van der Waals surface area contributed by atoms with E-state index >= 15 is 0 Å². The van der Waals surface area contributed by atoms with Crippen molar-refractivity contribution in [3.8, 4) is 50.6 Å². The van der Waals surface area contributed by atoms with Crippen LogP contribution in [0.4, 0.5) is 0 Å². The van der Waals surface area contributed by atoms with Crippen molar-refractivity contribution in [2.45, 2.75) is 0 Å². The third kappa shape index (κ3) is 4.35. The number of thiophene rings is 2. The molecule has 0 amide bonds. The molecule has 7 aromatic carbocycles. The third-order valence-corrected chi connectivity index (χ3v) is 11.3. The SMILES string of the molecule is N#Cc1cc(-c2c(-c3ccc4sc5ccccc5c4c3)cccc2-c2ccc3sc4ccccc4c3c2)ccc1-c1ccccc1. The van der Waals surface area contributed by atoms with Crippen LogP contribution in [0.2, 0.25) is 0 Å². The van der Waals surface area contributed by atoms with Crippen molar-refractivity contribution in [1.82, 2.24) is 0 Å². The lowest BCUT2D eigenvalue weighted by Crippen LogP contribution is -1.93. The van der Waals surface area contributed by atoms with E-state index in [1.165, 1.54) is 51.5 Å². The van der Waals surface area contributed by atoms with Gasteiger partial charge in [0.15, 0.2) is 0 Å². The summed E-state index contributed by atoms with van der Waals surface area (Å²) >= 11 is 3.68. The zero-order chi connectivity index (χ0) is 30.6. The Balaban J connectivity index is 1.31. The predicted molar refractivity (Wildman–Crippen MR) is 199 cm³/mol. The molecule has 0 saturated heterocycles. The number of benzene rings is 7. The maximum Gasteiger partial charge on any atom is 0.0998 e. The van der Waals surface area contributed by atoms with Crippen molar-refractivity contribution in [3.63, 3.8) is 0 Å². The summed E-state index contributed by atoms with van der Waals surface area (Å²) in [4.78, 5) is 0. The summed E-state index contributed by atoms with van der Waals surface area (Å²) in [5.74, 6) is 0. The summed E-state index contributed by atoms with van der Waals surface area (Å²) < 4.78 is 5.18. The molecule has 0 aliphatic carbocycles. The fraction of sp³-hybridized carbons (Fsp3) is 0. The van der Waals surface area contributed by atoms with E-state index in [2.05, 4.69) is 140 Å². The average molecular weight is 620 g/mol. The van der Waals surface area contributed by atoms with Gasteiger partial charge in [-0.25, -0.2) is 0 Å². The van der Waals surface area contributed by atoms with E-state index in [-0.39, 0.29) is 0 Å². The number of hydrogen-bond donors (Lipinski definition) is 0. The molecule has 9 aromatic rings. The summed E-state index contributed by atoms with van der Waals surface area (Å²) in [6, 6.07) is 56.7. The second-order valence-electron chi connectivity index (χ2n) is 11.6. The lowest BCUT2D eigenvalue weighted by molar-refractivity contribution is 1.47. The van der Waals surface area contributed by atoms with Crippen LogP contribution in [-0.4, -0.2) is 0 Å². The quantitative estimate of drug-likeness (QED) is 0.192. The molecule has 0 aliphatic rings. The van der Waals surface area contributed by atoms with Crippen molar-refractivity contribution in [1.29, 1.82) is 5.26 Å². The van der Waals surface area contributed by atoms with Gasteiger partial charge in [0.25, 0.3) is 0 Å². The van der Waals surface area contributed by atoms with Crippen molar-refractivity contribution in [2.24, 2.45) is 0 Å². The Labute approximate surface area is 274 Å². The molecular weight excluding hydrogens is 595 g/mol. The van der Waals surface area contributed by atoms with Gasteiger partial charge < -0.3 is 0 Å². The summed E-state index contributed by atoms with van der Waals surface area (Å²) in [5.41, 5.74) is 9.47. The Morgan fingerprint density at radius 1 is 0.370 bits per heavy atom. The first-order valence-electron chi connectivity index (χ1n) is 15.3. The van der Waals surface area contributed by atoms with E-state index < -0.39 is 0 Å². The van der Waals surface area contributed by atoms with Crippen molar-refractivity contribution in [3.05, 3.63) is 157 Å². The molecule has 0 unspecified atom stereocenters. The van der Waals surface area contributed by atoms with Crippen LogP contribution in [0, 0.1) is 11.3 Å². The highest BCUT2D eigenvalue weighted by atomic mass is 32.1. The van der Waals surface area contributed by atoms with Crippen molar-refractivity contribution >= 4 is 63.0 Å². The standard InChI is InChI=1S/C43H25NS2/c44-26-31-23-30(17-20-32(31)27-9-2-1-3-10-27)43-33(28-18-21-41-37(24-28)35-11-4-6-15-39(35)45-41)13-8-14-34(43)29-19-22-42-38(25-29)36-12-5-7-16-40(36)46-42/h1-25H. The second kappa shape index (κ2) is 10.8. The molecule has 2 aromatic heterocycles. The van der Waals surface area contributed by atoms with Crippen molar-refractivity contribution in [2.75, 3.05) is 0 Å². The second-order valence-corrected chi connectivity index (χ2v) is 13.8. The van der Waals surface area contributed by atoms with Gasteiger partial charge in [0.2, 0.25) is 0 Å². The number of hydrogen-bond acceptors (Lipinski definition) is 3. The zero-order valence-corrected chi connectivity index (χ0v) is 26.3. The van der Waals surface area contributed by atoms with Crippen LogP contribution in [0.5, 0.6) is 0 Å². The minimum atomic E-state index is 0.669. The molecular formula is C43H25NS2. The van der Waals surface area contributed by atoms with Gasteiger partial charge in [0.05, 0.1) is 11.6 Å². The van der Waals surface area contributed by atoms with Crippen LogP contribution in [-0.2, 0) is 0 Å². The molecule has 0 spiro atoms. The molecule has 0 bridgehead atoms. The van der Waals surface area contributed by atoms with Gasteiger partial charge in [0, 0.05) is 40.3 Å². The lowest BCUT2D eigenvalue weighted by atomic mass is 9.85. The highest BCUT2D eigenvalue weighted by molar-refractivity contribution is 7.26. The molecule has 3 heteroatoms. The minimum absolute atomic E-state index is 0.669. The normalized spacial score (nSPS) is 11.5. The van der Waals surface area contributed by atoms with Crippen molar-refractivity contribution < 1.29 is 0 Å². The van der Waals surface area contributed by atoms with E-state index in [4.69, 9.17) is 0 Å². The summed E-state index contributed by atoms with van der Waals surface area (Å²) in [5, 5.41) is 15.5. The van der Waals surface area contributed by atoms with Crippen LogP contribution >= 0.6 is 22.7 Å². The van der Waals surface area contributed by atoms with Crippen LogP contribution in [0.25, 0.3) is 84.9 Å². The van der Waals surface area contributed by atoms with Gasteiger partial charge in [-0.15, -0.1) is 22.7 Å². The van der Waals surface area contributed by atoms with E-state index in [0.717, 1.165) is 33.4 Å². The first kappa shape index (κ1) is 26.8. The molecule has 1 nitrogen and oxygen atoms in total. The smallest absolute Gasteiger partial charge is 0.0998 e. The molecule has 0 N–H and O–H groups in total. The number of nitriles is 1. The van der Waals surface area contributed by atoms with Gasteiger partial charge in [0.1, 0.15) is 0 Å². The molecule has 0 atom stereocenters. The van der Waals surface area contributed by atoms with Gasteiger partial charge in [-0.2, -0.15) is 5.26 Å². The molecule has 9 rings (SSSR count). The monoisotopic (exact) mass is 619 g/mol. The molecule has 214 valence electrons. The molecule has 0 fully saturated rings. The summed E-state index contributed by atoms with van der Waals surface area (Å²) in [6.45, 7) is 0. The van der Waals surface area contributed by atoms with Crippen LogP contribution in [0.15, 0.2) is 152 Å². The van der Waals surface area contributed by atoms with E-state index in [0.29, 0.717) is 5.56 Å². The van der Waals surface area contributed by atoms with E-state index in [1.807, 2.05) is 40.9 Å². The van der Waals surface area contributed by atoms with Gasteiger partial charge >= 0.3 is 0 Å². The topological polar surface area (TPSA) is 23.8 Å². The molecule has 46 heavy (non-hydrogen) atoms. The Kier molecular flexibility index (Phi) is 6.31. The maximum absolute atomic E-state index is 10.4. The molecule has 0 radical (unpaired) electrons. The minimum Gasteiger partial charge on any atom is -0.192 e. The fourth-order valence-electron chi connectivity index (χ4n) is 6.79. The summed E-state index contributed by atoms with van der Waals surface area (Å²) in [6.07, 6.45) is 0. The lowest BCUT2D eigenvalue weighted by Gasteiger charge is -2.18. The highest BCUT2D eigenvalue weighted by Crippen LogP contribution is 2.45. The van der Waals surface area contributed by atoms with Crippen LogP contribution < -0.4 is 0 Å². The fourth-order valence-corrected chi connectivity index (χ4v) is 8.97. The maximum atomic E-state index is 10.4. The zero-order valence-electron chi connectivity index (χ0n) is 24.7. The van der Waals surface area contributed by atoms with E-state index in [1.54, 1.807) is 0 Å². The number of nitrogens with zero attached hydrogens (tertiary/aromatic N) is 1. The summed E-state index contributed by atoms with van der Waals surface area (Å²) in [7, 11) is 0. The highest BCUT2D eigenvalue weighted by Gasteiger charge is 2.18. The van der Waals surface area contributed by atoms with Gasteiger partial charge in [-0.1, -0.05) is 109 Å². The molecule has 0 aliphatic heterocycles. The molecule has 0 saturated carbocycles. The Hall–Kier alpha value is -5.53. The van der Waals surface area contributed by atoms with E-state index in [9.17, 15) is 5.26 Å².